The highest BCUT2D eigenvalue weighted by molar-refractivity contribution is 5.93. The summed E-state index contributed by atoms with van der Waals surface area (Å²) in [4.78, 5) is 13.9. The van der Waals surface area contributed by atoms with Gasteiger partial charge in [-0.2, -0.15) is 0 Å². The van der Waals surface area contributed by atoms with Gasteiger partial charge in [0.25, 0.3) is 5.91 Å². The van der Waals surface area contributed by atoms with E-state index in [1.54, 1.807) is 4.90 Å². The average molecular weight is 248 g/mol. The summed E-state index contributed by atoms with van der Waals surface area (Å²) in [7, 11) is 1.85. The highest BCUT2D eigenvalue weighted by atomic mass is 16.5. The fraction of sp³-hybridized carbons (Fsp3) is 0.500. The summed E-state index contributed by atoms with van der Waals surface area (Å²) in [5.74, 6) is 0.0762. The summed E-state index contributed by atoms with van der Waals surface area (Å²) in [6.07, 6.45) is 0.926. The van der Waals surface area contributed by atoms with Gasteiger partial charge in [0.1, 0.15) is 0 Å². The lowest BCUT2D eigenvalue weighted by Crippen LogP contribution is -2.43. The van der Waals surface area contributed by atoms with E-state index < -0.39 is 0 Å². The second-order valence-corrected chi connectivity index (χ2v) is 4.61. The maximum Gasteiger partial charge on any atom is 0.253 e. The molecule has 0 aromatic heterocycles. The standard InChI is InChI=1S/C14H20N2O2/c1-16(9-7-13-11-18-10-8-15-13)14(17)12-5-3-2-4-6-12/h2-6,13,15H,7-11H2,1H3. The van der Waals surface area contributed by atoms with Crippen molar-refractivity contribution in [2.24, 2.45) is 0 Å². The van der Waals surface area contributed by atoms with Gasteiger partial charge in [0, 0.05) is 31.7 Å². The topological polar surface area (TPSA) is 41.6 Å². The molecule has 0 spiro atoms. The molecule has 0 radical (unpaired) electrons. The first-order valence-electron chi connectivity index (χ1n) is 6.39. The van der Waals surface area contributed by atoms with Crippen LogP contribution in [0.15, 0.2) is 30.3 Å². The Morgan fingerprint density at radius 1 is 1.44 bits per heavy atom. The van der Waals surface area contributed by atoms with Crippen LogP contribution < -0.4 is 5.32 Å². The van der Waals surface area contributed by atoms with Crippen LogP contribution >= 0.6 is 0 Å². The Morgan fingerprint density at radius 3 is 2.89 bits per heavy atom. The fourth-order valence-electron chi connectivity index (χ4n) is 2.06. The molecule has 1 aromatic rings. The van der Waals surface area contributed by atoms with Crippen molar-refractivity contribution in [3.63, 3.8) is 0 Å². The number of benzene rings is 1. The van der Waals surface area contributed by atoms with Crippen molar-refractivity contribution in [1.82, 2.24) is 10.2 Å². The number of ether oxygens (including phenoxy) is 1. The maximum atomic E-state index is 12.1. The van der Waals surface area contributed by atoms with E-state index in [-0.39, 0.29) is 5.91 Å². The zero-order valence-corrected chi connectivity index (χ0v) is 10.8. The lowest BCUT2D eigenvalue weighted by atomic mass is 10.1. The Hall–Kier alpha value is -1.39. The van der Waals surface area contributed by atoms with Crippen molar-refractivity contribution >= 4 is 5.91 Å². The lowest BCUT2D eigenvalue weighted by Gasteiger charge is -2.26. The van der Waals surface area contributed by atoms with Crippen LogP contribution in [-0.2, 0) is 4.74 Å². The van der Waals surface area contributed by atoms with Crippen LogP contribution in [-0.4, -0.2) is 50.2 Å². The number of hydrogen-bond acceptors (Lipinski definition) is 3. The summed E-state index contributed by atoms with van der Waals surface area (Å²) in [5, 5.41) is 3.39. The van der Waals surface area contributed by atoms with Crippen LogP contribution in [0.3, 0.4) is 0 Å². The van der Waals surface area contributed by atoms with Crippen LogP contribution in [0.1, 0.15) is 16.8 Å². The molecule has 1 heterocycles. The normalized spacial score (nSPS) is 19.5. The third kappa shape index (κ3) is 3.55. The average Bonchev–Trinajstić information content (AvgIpc) is 2.46. The Morgan fingerprint density at radius 2 is 2.22 bits per heavy atom. The molecular weight excluding hydrogens is 228 g/mol. The zero-order valence-electron chi connectivity index (χ0n) is 10.8. The van der Waals surface area contributed by atoms with Crippen molar-refractivity contribution in [2.45, 2.75) is 12.5 Å². The molecule has 4 heteroatoms. The first-order chi connectivity index (χ1) is 8.77. The largest absolute Gasteiger partial charge is 0.379 e. The highest BCUT2D eigenvalue weighted by Gasteiger charge is 2.16. The molecule has 98 valence electrons. The second-order valence-electron chi connectivity index (χ2n) is 4.61. The van der Waals surface area contributed by atoms with E-state index in [1.165, 1.54) is 0 Å². The van der Waals surface area contributed by atoms with E-state index in [1.807, 2.05) is 37.4 Å². The van der Waals surface area contributed by atoms with Gasteiger partial charge in [0.2, 0.25) is 0 Å². The Labute approximate surface area is 108 Å². The van der Waals surface area contributed by atoms with Crippen LogP contribution in [0.5, 0.6) is 0 Å². The van der Waals surface area contributed by atoms with Crippen LogP contribution in [0, 0.1) is 0 Å². The number of hydrogen-bond donors (Lipinski definition) is 1. The first-order valence-corrected chi connectivity index (χ1v) is 6.39. The fourth-order valence-corrected chi connectivity index (χ4v) is 2.06. The lowest BCUT2D eigenvalue weighted by molar-refractivity contribution is 0.0654. The summed E-state index contributed by atoms with van der Waals surface area (Å²) in [6.45, 7) is 3.18. The van der Waals surface area contributed by atoms with Crippen LogP contribution in [0.4, 0.5) is 0 Å². The quantitative estimate of drug-likeness (QED) is 0.868. The predicted molar refractivity (Wildman–Crippen MR) is 70.6 cm³/mol. The number of carbonyl (C=O) groups excluding carboxylic acids is 1. The van der Waals surface area contributed by atoms with E-state index in [2.05, 4.69) is 5.32 Å². The van der Waals surface area contributed by atoms with E-state index >= 15 is 0 Å². The minimum absolute atomic E-state index is 0.0762. The molecule has 1 aromatic carbocycles. The molecule has 1 saturated heterocycles. The number of rotatable bonds is 4. The van der Waals surface area contributed by atoms with Gasteiger partial charge >= 0.3 is 0 Å². The van der Waals surface area contributed by atoms with Crippen molar-refractivity contribution < 1.29 is 9.53 Å². The predicted octanol–water partition coefficient (Wildman–Crippen LogP) is 1.14. The molecule has 0 bridgehead atoms. The van der Waals surface area contributed by atoms with Gasteiger partial charge in [-0.1, -0.05) is 18.2 Å². The Balaban J connectivity index is 1.80. The monoisotopic (exact) mass is 248 g/mol. The molecule has 4 nitrogen and oxygen atoms in total. The molecule has 0 saturated carbocycles. The molecule has 1 aliphatic heterocycles. The smallest absolute Gasteiger partial charge is 0.253 e. The summed E-state index contributed by atoms with van der Waals surface area (Å²) >= 11 is 0. The minimum atomic E-state index is 0.0762. The van der Waals surface area contributed by atoms with Gasteiger partial charge in [-0.05, 0) is 18.6 Å². The number of morpholine rings is 1. The third-order valence-corrected chi connectivity index (χ3v) is 3.18. The van der Waals surface area contributed by atoms with Gasteiger partial charge < -0.3 is 15.0 Å². The van der Waals surface area contributed by atoms with Crippen molar-refractivity contribution in [3.8, 4) is 0 Å². The molecule has 18 heavy (non-hydrogen) atoms. The number of nitrogens with one attached hydrogen (secondary N) is 1. The SMILES string of the molecule is CN(CCC1COCCN1)C(=O)c1ccccc1. The molecule has 1 amide bonds. The van der Waals surface area contributed by atoms with Gasteiger partial charge in [-0.3, -0.25) is 4.79 Å². The van der Waals surface area contributed by atoms with Crippen LogP contribution in [0.2, 0.25) is 0 Å². The van der Waals surface area contributed by atoms with Gasteiger partial charge in [-0.25, -0.2) is 0 Å². The van der Waals surface area contributed by atoms with E-state index in [0.717, 1.165) is 38.3 Å². The molecule has 2 rings (SSSR count). The third-order valence-electron chi connectivity index (χ3n) is 3.18. The van der Waals surface area contributed by atoms with E-state index in [0.29, 0.717) is 6.04 Å². The molecule has 1 atom stereocenters. The number of nitrogens with zero attached hydrogens (tertiary/aromatic N) is 1. The molecular formula is C14H20N2O2. The highest BCUT2D eigenvalue weighted by Crippen LogP contribution is 2.05. The van der Waals surface area contributed by atoms with Crippen molar-refractivity contribution in [1.29, 1.82) is 0 Å². The second kappa shape index (κ2) is 6.52. The Kier molecular flexibility index (Phi) is 4.73. The minimum Gasteiger partial charge on any atom is -0.379 e. The van der Waals surface area contributed by atoms with Crippen LogP contribution in [0.25, 0.3) is 0 Å². The van der Waals surface area contributed by atoms with Crippen molar-refractivity contribution in [2.75, 3.05) is 33.4 Å². The summed E-state index contributed by atoms with van der Waals surface area (Å²) < 4.78 is 5.39. The Bertz CT molecular complexity index is 375. The molecule has 1 fully saturated rings. The summed E-state index contributed by atoms with van der Waals surface area (Å²) in [5.41, 5.74) is 0.743. The molecule has 1 unspecified atom stereocenters. The molecule has 0 aliphatic carbocycles. The van der Waals surface area contributed by atoms with Gasteiger partial charge in [0.15, 0.2) is 0 Å². The van der Waals surface area contributed by atoms with Gasteiger partial charge in [-0.15, -0.1) is 0 Å². The van der Waals surface area contributed by atoms with Crippen molar-refractivity contribution in [3.05, 3.63) is 35.9 Å². The molecule has 1 aliphatic rings. The number of carbonyl (C=O) groups is 1. The molecule has 1 N–H and O–H groups in total. The first kappa shape index (κ1) is 13.1. The van der Waals surface area contributed by atoms with E-state index in [4.69, 9.17) is 4.74 Å². The number of amides is 1. The maximum absolute atomic E-state index is 12.1. The summed E-state index contributed by atoms with van der Waals surface area (Å²) in [6, 6.07) is 9.75. The van der Waals surface area contributed by atoms with Gasteiger partial charge in [0.05, 0.1) is 13.2 Å². The zero-order chi connectivity index (χ0) is 12.8. The van der Waals surface area contributed by atoms with E-state index in [9.17, 15) is 4.79 Å².